The van der Waals surface area contributed by atoms with Crippen molar-refractivity contribution in [1.29, 1.82) is 0 Å². The highest BCUT2D eigenvalue weighted by molar-refractivity contribution is 9.11. The minimum atomic E-state index is -0.124. The van der Waals surface area contributed by atoms with Crippen LogP contribution in [0.1, 0.15) is 19.3 Å². The normalized spacial score (nSPS) is 16.8. The molecule has 1 saturated heterocycles. The zero-order valence-corrected chi connectivity index (χ0v) is 11.5. The largest absolute Gasteiger partial charge is 0.274 e. The molecule has 3 nitrogen and oxygen atoms in total. The SMILES string of the molecule is O=C1CCCC(=O)N1c1cc(Br)cc(Br)c1. The first-order valence-electron chi connectivity index (χ1n) is 4.90. The topological polar surface area (TPSA) is 37.4 Å². The maximum Gasteiger partial charge on any atom is 0.233 e. The number of benzene rings is 1. The standard InChI is InChI=1S/C11H9Br2NO2/c12-7-4-8(13)6-9(5-7)14-10(15)2-1-3-11(14)16/h4-6H,1-3H2. The van der Waals surface area contributed by atoms with E-state index in [0.29, 0.717) is 24.9 Å². The summed E-state index contributed by atoms with van der Waals surface area (Å²) in [7, 11) is 0. The van der Waals surface area contributed by atoms with Gasteiger partial charge in [-0.25, -0.2) is 0 Å². The molecule has 16 heavy (non-hydrogen) atoms. The molecule has 0 spiro atoms. The number of carbonyl (C=O) groups is 2. The van der Waals surface area contributed by atoms with Gasteiger partial charge in [0.2, 0.25) is 11.8 Å². The van der Waals surface area contributed by atoms with E-state index in [-0.39, 0.29) is 11.8 Å². The molecular formula is C11H9Br2NO2. The molecule has 0 radical (unpaired) electrons. The second-order valence-corrected chi connectivity index (χ2v) is 5.44. The zero-order chi connectivity index (χ0) is 11.7. The summed E-state index contributed by atoms with van der Waals surface area (Å²) in [4.78, 5) is 24.7. The van der Waals surface area contributed by atoms with Crippen molar-refractivity contribution in [2.75, 3.05) is 4.90 Å². The number of anilines is 1. The molecule has 0 aromatic heterocycles. The second-order valence-electron chi connectivity index (χ2n) is 3.60. The molecule has 1 aromatic carbocycles. The monoisotopic (exact) mass is 345 g/mol. The third-order valence-electron chi connectivity index (χ3n) is 2.39. The van der Waals surface area contributed by atoms with Crippen molar-refractivity contribution in [3.63, 3.8) is 0 Å². The molecule has 0 atom stereocenters. The number of amides is 2. The number of rotatable bonds is 1. The minimum Gasteiger partial charge on any atom is -0.274 e. The number of halogens is 2. The molecule has 1 heterocycles. The van der Waals surface area contributed by atoms with Gasteiger partial charge in [-0.1, -0.05) is 31.9 Å². The van der Waals surface area contributed by atoms with Gasteiger partial charge in [-0.2, -0.15) is 0 Å². The quantitative estimate of drug-likeness (QED) is 0.732. The maximum absolute atomic E-state index is 11.7. The van der Waals surface area contributed by atoms with Gasteiger partial charge in [-0.3, -0.25) is 14.5 Å². The van der Waals surface area contributed by atoms with Crippen LogP contribution in [0.25, 0.3) is 0 Å². The molecule has 0 unspecified atom stereocenters. The van der Waals surface area contributed by atoms with Gasteiger partial charge < -0.3 is 0 Å². The summed E-state index contributed by atoms with van der Waals surface area (Å²) < 4.78 is 1.67. The lowest BCUT2D eigenvalue weighted by Crippen LogP contribution is -2.40. The fourth-order valence-electron chi connectivity index (χ4n) is 1.71. The van der Waals surface area contributed by atoms with E-state index in [1.165, 1.54) is 4.90 Å². The molecule has 2 rings (SSSR count). The van der Waals surface area contributed by atoms with Gasteiger partial charge in [0, 0.05) is 21.8 Å². The van der Waals surface area contributed by atoms with E-state index >= 15 is 0 Å². The molecule has 0 bridgehead atoms. The average molecular weight is 347 g/mol. The molecule has 0 aliphatic carbocycles. The van der Waals surface area contributed by atoms with E-state index in [0.717, 1.165) is 8.95 Å². The number of imide groups is 1. The summed E-state index contributed by atoms with van der Waals surface area (Å²) in [6, 6.07) is 5.40. The van der Waals surface area contributed by atoms with Crippen molar-refractivity contribution < 1.29 is 9.59 Å². The lowest BCUT2D eigenvalue weighted by molar-refractivity contribution is -0.129. The zero-order valence-electron chi connectivity index (χ0n) is 8.37. The predicted octanol–water partition coefficient (Wildman–Crippen LogP) is 3.26. The predicted molar refractivity (Wildman–Crippen MR) is 68.2 cm³/mol. The van der Waals surface area contributed by atoms with Crippen LogP contribution in [0.3, 0.4) is 0 Å². The van der Waals surface area contributed by atoms with Crippen LogP contribution in [0, 0.1) is 0 Å². The summed E-state index contributed by atoms with van der Waals surface area (Å²) in [6.45, 7) is 0. The van der Waals surface area contributed by atoms with Crippen molar-refractivity contribution >= 4 is 49.4 Å². The summed E-state index contributed by atoms with van der Waals surface area (Å²) in [5, 5.41) is 0. The third kappa shape index (κ3) is 2.35. The van der Waals surface area contributed by atoms with E-state index in [1.807, 2.05) is 6.07 Å². The lowest BCUT2D eigenvalue weighted by Gasteiger charge is -2.25. The maximum atomic E-state index is 11.7. The first-order valence-corrected chi connectivity index (χ1v) is 6.48. The van der Waals surface area contributed by atoms with Gasteiger partial charge >= 0.3 is 0 Å². The van der Waals surface area contributed by atoms with Crippen LogP contribution in [0.5, 0.6) is 0 Å². The van der Waals surface area contributed by atoms with E-state index in [2.05, 4.69) is 31.9 Å². The Morgan fingerprint density at radius 3 is 1.94 bits per heavy atom. The molecule has 0 saturated carbocycles. The van der Waals surface area contributed by atoms with E-state index < -0.39 is 0 Å². The smallest absolute Gasteiger partial charge is 0.233 e. The van der Waals surface area contributed by atoms with Crippen LogP contribution in [-0.2, 0) is 9.59 Å². The van der Waals surface area contributed by atoms with Crippen LogP contribution in [0.15, 0.2) is 27.1 Å². The number of hydrogen-bond acceptors (Lipinski definition) is 2. The van der Waals surface area contributed by atoms with Gasteiger partial charge in [-0.15, -0.1) is 0 Å². The van der Waals surface area contributed by atoms with Crippen molar-refractivity contribution in [2.24, 2.45) is 0 Å². The van der Waals surface area contributed by atoms with Crippen LogP contribution in [0.2, 0.25) is 0 Å². The molecule has 1 fully saturated rings. The van der Waals surface area contributed by atoms with Crippen LogP contribution >= 0.6 is 31.9 Å². The summed E-state index contributed by atoms with van der Waals surface area (Å²) in [6.07, 6.45) is 1.54. The highest BCUT2D eigenvalue weighted by Gasteiger charge is 2.27. The summed E-state index contributed by atoms with van der Waals surface area (Å²) in [5.74, 6) is -0.248. The molecule has 1 aromatic rings. The van der Waals surface area contributed by atoms with Crippen LogP contribution < -0.4 is 4.90 Å². The van der Waals surface area contributed by atoms with Crippen LogP contribution in [0.4, 0.5) is 5.69 Å². The molecule has 84 valence electrons. The van der Waals surface area contributed by atoms with E-state index in [4.69, 9.17) is 0 Å². The number of hydrogen-bond donors (Lipinski definition) is 0. The molecule has 1 aliphatic heterocycles. The highest BCUT2D eigenvalue weighted by Crippen LogP contribution is 2.28. The van der Waals surface area contributed by atoms with Crippen molar-refractivity contribution in [3.8, 4) is 0 Å². The first-order chi connectivity index (χ1) is 7.58. The lowest BCUT2D eigenvalue weighted by atomic mass is 10.1. The number of carbonyl (C=O) groups excluding carboxylic acids is 2. The third-order valence-corrected chi connectivity index (χ3v) is 3.30. The molecule has 5 heteroatoms. The fraction of sp³-hybridized carbons (Fsp3) is 0.273. The Labute approximate surface area is 110 Å². The number of nitrogens with zero attached hydrogens (tertiary/aromatic N) is 1. The fourth-order valence-corrected chi connectivity index (χ4v) is 2.98. The van der Waals surface area contributed by atoms with Gasteiger partial charge in [0.05, 0.1) is 5.69 Å². The van der Waals surface area contributed by atoms with E-state index in [9.17, 15) is 9.59 Å². The van der Waals surface area contributed by atoms with Crippen molar-refractivity contribution in [2.45, 2.75) is 19.3 Å². The molecular weight excluding hydrogens is 338 g/mol. The Balaban J connectivity index is 2.41. The van der Waals surface area contributed by atoms with E-state index in [1.54, 1.807) is 12.1 Å². The highest BCUT2D eigenvalue weighted by atomic mass is 79.9. The van der Waals surface area contributed by atoms with Crippen molar-refractivity contribution in [3.05, 3.63) is 27.1 Å². The molecule has 1 aliphatic rings. The first kappa shape index (κ1) is 11.8. The molecule has 2 amide bonds. The van der Waals surface area contributed by atoms with Gasteiger partial charge in [-0.05, 0) is 24.6 Å². The Kier molecular flexibility index (Phi) is 3.44. The summed E-state index contributed by atoms with van der Waals surface area (Å²) in [5.41, 5.74) is 0.621. The van der Waals surface area contributed by atoms with Gasteiger partial charge in [0.1, 0.15) is 0 Å². The Hall–Kier alpha value is -0.680. The van der Waals surface area contributed by atoms with Crippen molar-refractivity contribution in [1.82, 2.24) is 0 Å². The number of piperidine rings is 1. The van der Waals surface area contributed by atoms with Crippen LogP contribution in [-0.4, -0.2) is 11.8 Å². The van der Waals surface area contributed by atoms with Gasteiger partial charge in [0.15, 0.2) is 0 Å². The minimum absolute atomic E-state index is 0.124. The Morgan fingerprint density at radius 1 is 0.938 bits per heavy atom. The second kappa shape index (κ2) is 4.67. The average Bonchev–Trinajstić information content (AvgIpc) is 2.15. The summed E-state index contributed by atoms with van der Waals surface area (Å²) >= 11 is 6.68. The molecule has 0 N–H and O–H groups in total. The Morgan fingerprint density at radius 2 is 1.44 bits per heavy atom. The Bertz CT molecular complexity index is 423. The van der Waals surface area contributed by atoms with Gasteiger partial charge in [0.25, 0.3) is 0 Å².